The van der Waals surface area contributed by atoms with Gasteiger partial charge in [-0.25, -0.2) is 0 Å². The minimum Gasteiger partial charge on any atom is -0.508 e. The first-order chi connectivity index (χ1) is 8.97. The first kappa shape index (κ1) is 14.1. The molecule has 0 amide bonds. The molecule has 1 aromatic carbocycles. The van der Waals surface area contributed by atoms with E-state index < -0.39 is 0 Å². The molecule has 2 N–H and O–H groups in total. The summed E-state index contributed by atoms with van der Waals surface area (Å²) in [5.41, 5.74) is 2.94. The minimum atomic E-state index is 0.286. The summed E-state index contributed by atoms with van der Waals surface area (Å²) in [6, 6.07) is 8.02. The van der Waals surface area contributed by atoms with E-state index in [-0.39, 0.29) is 5.41 Å². The fourth-order valence-electron chi connectivity index (χ4n) is 2.73. The van der Waals surface area contributed by atoms with Crippen molar-refractivity contribution in [3.63, 3.8) is 0 Å². The molecule has 1 aliphatic carbocycles. The lowest BCUT2D eigenvalue weighted by atomic mass is 9.80. The van der Waals surface area contributed by atoms with Crippen molar-refractivity contribution in [2.45, 2.75) is 52.6 Å². The lowest BCUT2D eigenvalue weighted by Gasteiger charge is -2.33. The molecule has 1 aromatic rings. The maximum atomic E-state index is 9.50. The minimum absolute atomic E-state index is 0.286. The van der Waals surface area contributed by atoms with Crippen molar-refractivity contribution in [1.29, 1.82) is 0 Å². The van der Waals surface area contributed by atoms with E-state index in [1.54, 1.807) is 6.07 Å². The number of aromatic hydroxyl groups is 1. The van der Waals surface area contributed by atoms with Gasteiger partial charge < -0.3 is 10.4 Å². The average molecular weight is 259 g/mol. The highest BCUT2D eigenvalue weighted by molar-refractivity contribution is 5.27. The highest BCUT2D eigenvalue weighted by atomic mass is 16.3. The number of nitrogens with one attached hydrogen (secondary N) is 1. The van der Waals surface area contributed by atoms with Crippen LogP contribution in [0.15, 0.2) is 35.9 Å². The Morgan fingerprint density at radius 2 is 2.16 bits per heavy atom. The summed E-state index contributed by atoms with van der Waals surface area (Å²) in [4.78, 5) is 0. The molecular formula is C17H25NO. The van der Waals surface area contributed by atoms with Crippen LogP contribution in [0.2, 0.25) is 0 Å². The molecule has 0 radical (unpaired) electrons. The number of hydrogen-bond donors (Lipinski definition) is 2. The van der Waals surface area contributed by atoms with Crippen LogP contribution in [0, 0.1) is 5.41 Å². The third-order valence-electron chi connectivity index (χ3n) is 4.21. The molecule has 2 rings (SSSR count). The molecule has 0 spiro atoms. The van der Waals surface area contributed by atoms with E-state index in [9.17, 15) is 5.11 Å². The maximum absolute atomic E-state index is 9.50. The number of allylic oxidation sites excluding steroid dienone is 2. The summed E-state index contributed by atoms with van der Waals surface area (Å²) >= 11 is 0. The Labute approximate surface area is 116 Å². The Hall–Kier alpha value is -1.28. The molecule has 0 saturated carbocycles. The van der Waals surface area contributed by atoms with Gasteiger partial charge in [-0.2, -0.15) is 0 Å². The lowest BCUT2D eigenvalue weighted by Crippen LogP contribution is -2.40. The Morgan fingerprint density at radius 3 is 2.89 bits per heavy atom. The SMILES string of the molecule is CC1=CCC(C)(C)C(NCc2cccc(O)c2)CC1. The average Bonchev–Trinajstić information content (AvgIpc) is 2.48. The van der Waals surface area contributed by atoms with Gasteiger partial charge in [0.25, 0.3) is 0 Å². The Balaban J connectivity index is 1.98. The Morgan fingerprint density at radius 1 is 1.37 bits per heavy atom. The van der Waals surface area contributed by atoms with Crippen LogP contribution in [0.3, 0.4) is 0 Å². The van der Waals surface area contributed by atoms with Crippen molar-refractivity contribution in [2.75, 3.05) is 0 Å². The number of benzene rings is 1. The topological polar surface area (TPSA) is 32.3 Å². The van der Waals surface area contributed by atoms with Crippen molar-refractivity contribution < 1.29 is 5.11 Å². The molecule has 0 fully saturated rings. The monoisotopic (exact) mass is 259 g/mol. The number of phenolic OH excluding ortho intramolecular Hbond substituents is 1. The predicted octanol–water partition coefficient (Wildman–Crippen LogP) is 4.01. The summed E-state index contributed by atoms with van der Waals surface area (Å²) in [5.74, 6) is 0.344. The molecule has 1 atom stereocenters. The van der Waals surface area contributed by atoms with Crippen molar-refractivity contribution in [3.8, 4) is 5.75 Å². The van der Waals surface area contributed by atoms with E-state index in [0.29, 0.717) is 11.8 Å². The third-order valence-corrected chi connectivity index (χ3v) is 4.21. The third kappa shape index (κ3) is 3.84. The van der Waals surface area contributed by atoms with Crippen LogP contribution < -0.4 is 5.32 Å². The second-order valence-corrected chi connectivity index (χ2v) is 6.39. The molecule has 19 heavy (non-hydrogen) atoms. The van der Waals surface area contributed by atoms with E-state index in [0.717, 1.165) is 18.5 Å². The van der Waals surface area contributed by atoms with Crippen LogP contribution in [0.4, 0.5) is 0 Å². The first-order valence-electron chi connectivity index (χ1n) is 7.14. The van der Waals surface area contributed by atoms with Crippen molar-refractivity contribution in [1.82, 2.24) is 5.32 Å². The van der Waals surface area contributed by atoms with E-state index >= 15 is 0 Å². The molecule has 0 aliphatic heterocycles. The van der Waals surface area contributed by atoms with Crippen LogP contribution >= 0.6 is 0 Å². The van der Waals surface area contributed by atoms with Crippen molar-refractivity contribution in [2.24, 2.45) is 5.41 Å². The van der Waals surface area contributed by atoms with Crippen molar-refractivity contribution in [3.05, 3.63) is 41.5 Å². The maximum Gasteiger partial charge on any atom is 0.115 e. The summed E-state index contributed by atoms with van der Waals surface area (Å²) in [6.07, 6.45) is 5.89. The Bertz CT molecular complexity index is 462. The molecule has 104 valence electrons. The quantitative estimate of drug-likeness (QED) is 0.804. The smallest absolute Gasteiger partial charge is 0.115 e. The molecule has 0 aromatic heterocycles. The number of phenols is 1. The standard InChI is InChI=1S/C17H25NO/c1-13-7-8-16(17(2,3)10-9-13)18-12-14-5-4-6-15(19)11-14/h4-6,9,11,16,18-19H,7-8,10,12H2,1-3H3. The van der Waals surface area contributed by atoms with Gasteiger partial charge in [0.05, 0.1) is 0 Å². The zero-order valence-corrected chi connectivity index (χ0v) is 12.2. The normalized spacial score (nSPS) is 22.7. The van der Waals surface area contributed by atoms with Gasteiger partial charge in [-0.3, -0.25) is 0 Å². The largest absolute Gasteiger partial charge is 0.508 e. The second kappa shape index (κ2) is 5.79. The molecule has 0 bridgehead atoms. The molecule has 1 unspecified atom stereocenters. The fourth-order valence-corrected chi connectivity index (χ4v) is 2.73. The molecule has 1 aliphatic rings. The van der Waals surface area contributed by atoms with Crippen LogP contribution in [0.25, 0.3) is 0 Å². The van der Waals surface area contributed by atoms with Gasteiger partial charge >= 0.3 is 0 Å². The number of hydrogen-bond acceptors (Lipinski definition) is 2. The van der Waals surface area contributed by atoms with Gasteiger partial charge in [-0.15, -0.1) is 0 Å². The van der Waals surface area contributed by atoms with Crippen LogP contribution in [0.1, 0.15) is 45.6 Å². The molecule has 2 nitrogen and oxygen atoms in total. The summed E-state index contributed by atoms with van der Waals surface area (Å²) in [5, 5.41) is 13.2. The first-order valence-corrected chi connectivity index (χ1v) is 7.14. The van der Waals surface area contributed by atoms with E-state index in [4.69, 9.17) is 0 Å². The zero-order chi connectivity index (χ0) is 13.9. The highest BCUT2D eigenvalue weighted by Crippen LogP contribution is 2.33. The van der Waals surface area contributed by atoms with Crippen LogP contribution in [-0.4, -0.2) is 11.1 Å². The van der Waals surface area contributed by atoms with Gasteiger partial charge in [0.2, 0.25) is 0 Å². The second-order valence-electron chi connectivity index (χ2n) is 6.39. The van der Waals surface area contributed by atoms with Gasteiger partial charge in [0, 0.05) is 12.6 Å². The lowest BCUT2D eigenvalue weighted by molar-refractivity contribution is 0.235. The summed E-state index contributed by atoms with van der Waals surface area (Å²) in [7, 11) is 0. The molecular weight excluding hydrogens is 234 g/mol. The van der Waals surface area contributed by atoms with Crippen LogP contribution in [0.5, 0.6) is 5.75 Å². The van der Waals surface area contributed by atoms with E-state index in [2.05, 4.69) is 38.2 Å². The Kier molecular flexibility index (Phi) is 4.31. The van der Waals surface area contributed by atoms with Gasteiger partial charge in [-0.05, 0) is 49.3 Å². The summed E-state index contributed by atoms with van der Waals surface area (Å²) < 4.78 is 0. The molecule has 2 heteroatoms. The van der Waals surface area contributed by atoms with Gasteiger partial charge in [0.15, 0.2) is 0 Å². The van der Waals surface area contributed by atoms with Crippen molar-refractivity contribution >= 4 is 0 Å². The predicted molar refractivity (Wildman–Crippen MR) is 80.1 cm³/mol. The number of rotatable bonds is 3. The zero-order valence-electron chi connectivity index (χ0n) is 12.2. The van der Waals surface area contributed by atoms with Gasteiger partial charge in [-0.1, -0.05) is 37.6 Å². The van der Waals surface area contributed by atoms with E-state index in [1.807, 2.05) is 12.1 Å². The highest BCUT2D eigenvalue weighted by Gasteiger charge is 2.29. The molecule has 0 heterocycles. The van der Waals surface area contributed by atoms with Gasteiger partial charge in [0.1, 0.15) is 5.75 Å². The van der Waals surface area contributed by atoms with E-state index in [1.165, 1.54) is 18.4 Å². The summed E-state index contributed by atoms with van der Waals surface area (Å²) in [6.45, 7) is 7.72. The van der Waals surface area contributed by atoms with Crippen LogP contribution in [-0.2, 0) is 6.54 Å². The fraction of sp³-hybridized carbons (Fsp3) is 0.529. The molecule has 0 saturated heterocycles.